The Hall–Kier alpha value is -1.64. The monoisotopic (exact) mass is 354 g/mol. The summed E-state index contributed by atoms with van der Waals surface area (Å²) in [7, 11) is -4.29. The second kappa shape index (κ2) is 6.34. The van der Waals surface area contributed by atoms with E-state index in [1.54, 1.807) is 13.0 Å². The Bertz CT molecular complexity index is 741. The van der Waals surface area contributed by atoms with Crippen molar-refractivity contribution in [2.45, 2.75) is 43.2 Å². The van der Waals surface area contributed by atoms with E-state index in [9.17, 15) is 22.9 Å². The molecule has 0 saturated carbocycles. The highest BCUT2D eigenvalue weighted by molar-refractivity contribution is 7.85. The minimum atomic E-state index is -4.29. The third-order valence-corrected chi connectivity index (χ3v) is 5.81. The Labute approximate surface area is 141 Å². The number of nitrogens with zero attached hydrogens (tertiary/aromatic N) is 2. The summed E-state index contributed by atoms with van der Waals surface area (Å²) in [5, 5.41) is 10.2. The maximum Gasteiger partial charge on any atom is 0.294 e. The molecule has 1 atom stereocenters. The van der Waals surface area contributed by atoms with Crippen molar-refractivity contribution in [3.8, 4) is 0 Å². The second-order valence-corrected chi connectivity index (χ2v) is 7.85. The fourth-order valence-electron chi connectivity index (χ4n) is 3.63. The first-order valence-corrected chi connectivity index (χ1v) is 9.53. The average molecular weight is 354 g/mol. The number of hydrogen-bond donors (Lipinski definition) is 2. The Morgan fingerprint density at radius 1 is 1.17 bits per heavy atom. The van der Waals surface area contributed by atoms with Crippen LogP contribution in [-0.2, 0) is 14.9 Å². The van der Waals surface area contributed by atoms with Crippen LogP contribution in [0.25, 0.3) is 0 Å². The van der Waals surface area contributed by atoms with Crippen molar-refractivity contribution >= 4 is 21.7 Å². The van der Waals surface area contributed by atoms with Crippen LogP contribution in [0.5, 0.6) is 0 Å². The number of benzene rings is 1. The van der Waals surface area contributed by atoms with Gasteiger partial charge in [0.25, 0.3) is 10.1 Å². The summed E-state index contributed by atoms with van der Waals surface area (Å²) in [6, 6.07) is 4.62. The highest BCUT2D eigenvalue weighted by atomic mass is 32.2. The summed E-state index contributed by atoms with van der Waals surface area (Å²) in [5.41, 5.74) is 1.34. The molecule has 3 rings (SSSR count). The molecule has 1 saturated heterocycles. The van der Waals surface area contributed by atoms with Gasteiger partial charge in [0.05, 0.1) is 11.0 Å². The highest BCUT2D eigenvalue weighted by Gasteiger charge is 2.32. The zero-order valence-electron chi connectivity index (χ0n) is 13.6. The summed E-state index contributed by atoms with van der Waals surface area (Å²) in [6.07, 6.45) is 1.45. The Morgan fingerprint density at radius 3 is 2.42 bits per heavy atom. The molecule has 1 fully saturated rings. The van der Waals surface area contributed by atoms with Crippen molar-refractivity contribution in [1.82, 2.24) is 4.90 Å². The van der Waals surface area contributed by atoms with Crippen LogP contribution in [0.4, 0.5) is 5.69 Å². The summed E-state index contributed by atoms with van der Waals surface area (Å²) in [5.74, 6) is 0.0840. The van der Waals surface area contributed by atoms with Gasteiger partial charge in [0, 0.05) is 43.9 Å². The molecule has 0 aliphatic carbocycles. The van der Waals surface area contributed by atoms with Gasteiger partial charge in [-0.3, -0.25) is 9.35 Å². The molecule has 24 heavy (non-hydrogen) atoms. The van der Waals surface area contributed by atoms with Crippen LogP contribution < -0.4 is 4.90 Å². The Kier molecular flexibility index (Phi) is 4.54. The van der Waals surface area contributed by atoms with Crippen LogP contribution in [0.1, 0.15) is 37.9 Å². The molecule has 1 aromatic rings. The molecular weight excluding hydrogens is 332 g/mol. The minimum Gasteiger partial charge on any atom is -0.388 e. The first kappa shape index (κ1) is 17.2. The van der Waals surface area contributed by atoms with E-state index in [1.165, 1.54) is 12.1 Å². The lowest BCUT2D eigenvalue weighted by Gasteiger charge is -2.43. The number of fused-ring (bicyclic) bond motifs is 1. The van der Waals surface area contributed by atoms with Gasteiger partial charge >= 0.3 is 0 Å². The zero-order valence-corrected chi connectivity index (χ0v) is 14.4. The predicted octanol–water partition coefficient (Wildman–Crippen LogP) is 1.19. The van der Waals surface area contributed by atoms with E-state index in [-0.39, 0.29) is 16.8 Å². The van der Waals surface area contributed by atoms with Crippen molar-refractivity contribution in [3.05, 3.63) is 23.8 Å². The van der Waals surface area contributed by atoms with Crippen LogP contribution in [-0.4, -0.2) is 54.6 Å². The average Bonchev–Trinajstić information content (AvgIpc) is 2.54. The molecule has 1 aromatic carbocycles. The number of carbonyl (C=O) groups excluding carboxylic acids is 1. The maximum absolute atomic E-state index is 11.5. The van der Waals surface area contributed by atoms with E-state index in [4.69, 9.17) is 0 Å². The molecule has 0 radical (unpaired) electrons. The molecule has 0 spiro atoms. The summed E-state index contributed by atoms with van der Waals surface area (Å²) in [6.45, 7) is 3.67. The van der Waals surface area contributed by atoms with E-state index in [0.29, 0.717) is 31.6 Å². The third kappa shape index (κ3) is 3.26. The second-order valence-electron chi connectivity index (χ2n) is 6.43. The van der Waals surface area contributed by atoms with Crippen LogP contribution >= 0.6 is 0 Å². The predicted molar refractivity (Wildman–Crippen MR) is 88.5 cm³/mol. The summed E-state index contributed by atoms with van der Waals surface area (Å²) >= 11 is 0. The summed E-state index contributed by atoms with van der Waals surface area (Å²) < 4.78 is 31.9. The van der Waals surface area contributed by atoms with E-state index in [0.717, 1.165) is 18.5 Å². The number of aliphatic hydroxyl groups excluding tert-OH is 1. The molecular formula is C16H22N2O5S. The van der Waals surface area contributed by atoms with Crippen molar-refractivity contribution in [1.29, 1.82) is 0 Å². The van der Waals surface area contributed by atoms with E-state index < -0.39 is 16.2 Å². The SMILES string of the molecule is CC(=O)N1CCC(N2CCC(O)c3cc(S(=O)(=O)O)ccc32)CC1. The van der Waals surface area contributed by atoms with Crippen LogP contribution in [0.3, 0.4) is 0 Å². The van der Waals surface area contributed by atoms with Gasteiger partial charge in [-0.05, 0) is 37.5 Å². The largest absolute Gasteiger partial charge is 0.388 e. The van der Waals surface area contributed by atoms with Crippen molar-refractivity contribution in [3.63, 3.8) is 0 Å². The lowest BCUT2D eigenvalue weighted by Crippen LogP contribution is -2.48. The van der Waals surface area contributed by atoms with E-state index >= 15 is 0 Å². The first-order valence-electron chi connectivity index (χ1n) is 8.09. The minimum absolute atomic E-state index is 0.0840. The topological polar surface area (TPSA) is 98.2 Å². The van der Waals surface area contributed by atoms with Gasteiger partial charge in [0.1, 0.15) is 0 Å². The van der Waals surface area contributed by atoms with Gasteiger partial charge in [-0.15, -0.1) is 0 Å². The molecule has 0 bridgehead atoms. The van der Waals surface area contributed by atoms with E-state index in [1.807, 2.05) is 4.90 Å². The number of likely N-dealkylation sites (tertiary alicyclic amines) is 1. The molecule has 2 aliphatic heterocycles. The number of hydrogen-bond acceptors (Lipinski definition) is 5. The maximum atomic E-state index is 11.5. The van der Waals surface area contributed by atoms with Crippen molar-refractivity contribution in [2.24, 2.45) is 0 Å². The molecule has 2 heterocycles. The van der Waals surface area contributed by atoms with Gasteiger partial charge in [0.2, 0.25) is 5.91 Å². The van der Waals surface area contributed by atoms with Crippen molar-refractivity contribution < 1.29 is 22.9 Å². The van der Waals surface area contributed by atoms with Crippen LogP contribution in [0.2, 0.25) is 0 Å². The van der Waals surface area contributed by atoms with Gasteiger partial charge in [-0.25, -0.2) is 0 Å². The number of piperidine rings is 1. The lowest BCUT2D eigenvalue weighted by atomic mass is 9.94. The summed E-state index contributed by atoms with van der Waals surface area (Å²) in [4.78, 5) is 15.3. The Morgan fingerprint density at radius 2 is 1.83 bits per heavy atom. The molecule has 1 unspecified atom stereocenters. The van der Waals surface area contributed by atoms with Crippen molar-refractivity contribution in [2.75, 3.05) is 24.5 Å². The number of rotatable bonds is 2. The fraction of sp³-hybridized carbons (Fsp3) is 0.562. The zero-order chi connectivity index (χ0) is 17.5. The lowest BCUT2D eigenvalue weighted by molar-refractivity contribution is -0.129. The van der Waals surface area contributed by atoms with Gasteiger partial charge < -0.3 is 14.9 Å². The molecule has 7 nitrogen and oxygen atoms in total. The highest BCUT2D eigenvalue weighted by Crippen LogP contribution is 2.38. The van der Waals surface area contributed by atoms with E-state index in [2.05, 4.69) is 4.90 Å². The number of aliphatic hydroxyl groups is 1. The van der Waals surface area contributed by atoms with Crippen LogP contribution in [0.15, 0.2) is 23.1 Å². The number of carbonyl (C=O) groups is 1. The molecule has 8 heteroatoms. The molecule has 0 aromatic heterocycles. The van der Waals surface area contributed by atoms with Gasteiger partial charge in [-0.2, -0.15) is 8.42 Å². The normalized spacial score (nSPS) is 22.4. The number of anilines is 1. The van der Waals surface area contributed by atoms with Gasteiger partial charge in [0.15, 0.2) is 0 Å². The molecule has 132 valence electrons. The smallest absolute Gasteiger partial charge is 0.294 e. The van der Waals surface area contributed by atoms with Crippen LogP contribution in [0, 0.1) is 0 Å². The molecule has 2 N–H and O–H groups in total. The standard InChI is InChI=1S/C16H22N2O5S/c1-11(19)17-7-4-12(5-8-17)18-9-6-16(20)14-10-13(24(21,22)23)2-3-15(14)18/h2-3,10,12,16,20H,4-9H2,1H3,(H,21,22,23). The number of amides is 1. The first-order chi connectivity index (χ1) is 11.3. The molecule has 2 aliphatic rings. The molecule has 1 amide bonds. The Balaban J connectivity index is 1.86. The third-order valence-electron chi connectivity index (χ3n) is 4.96. The van der Waals surface area contributed by atoms with Gasteiger partial charge in [-0.1, -0.05) is 0 Å². The quantitative estimate of drug-likeness (QED) is 0.774. The fourth-order valence-corrected chi connectivity index (χ4v) is 4.15.